The Balaban J connectivity index is 1.66. The average molecular weight is 400 g/mol. The lowest BCUT2D eigenvalue weighted by Gasteiger charge is -2.36. The molecule has 1 aliphatic heterocycles. The van der Waals surface area contributed by atoms with Gasteiger partial charge < -0.3 is 15.5 Å². The first-order valence-electron chi connectivity index (χ1n) is 10.8. The maximum atomic E-state index is 12.9. The summed E-state index contributed by atoms with van der Waals surface area (Å²) in [7, 11) is 0. The summed E-state index contributed by atoms with van der Waals surface area (Å²) in [5.74, 6) is 0.483. The molecule has 1 unspecified atom stereocenters. The minimum atomic E-state index is -0.583. The Morgan fingerprint density at radius 3 is 2.38 bits per heavy atom. The molecule has 1 saturated carbocycles. The Kier molecular flexibility index (Phi) is 6.93. The Bertz CT molecular complexity index is 749. The van der Waals surface area contributed by atoms with E-state index < -0.39 is 6.04 Å². The highest BCUT2D eigenvalue weighted by molar-refractivity contribution is 5.97. The van der Waals surface area contributed by atoms with E-state index in [0.717, 1.165) is 31.2 Å². The number of hydrogen-bond donors (Lipinski definition) is 2. The quantitative estimate of drug-likeness (QED) is 0.739. The number of amides is 3. The first kappa shape index (κ1) is 21.3. The number of carbonyl (C=O) groups is 3. The lowest BCUT2D eigenvalue weighted by atomic mass is 9.88. The molecule has 0 bridgehead atoms. The zero-order chi connectivity index (χ0) is 21.0. The summed E-state index contributed by atoms with van der Waals surface area (Å²) in [5, 5.41) is 5.95. The van der Waals surface area contributed by atoms with Crippen LogP contribution in [0.3, 0.4) is 0 Å². The summed E-state index contributed by atoms with van der Waals surface area (Å²) in [4.78, 5) is 40.0. The normalized spacial score (nSPS) is 18.4. The summed E-state index contributed by atoms with van der Waals surface area (Å²) < 4.78 is 0. The van der Waals surface area contributed by atoms with E-state index in [-0.39, 0.29) is 29.6 Å². The largest absolute Gasteiger partial charge is 0.354 e. The fourth-order valence-corrected chi connectivity index (χ4v) is 3.86. The van der Waals surface area contributed by atoms with Crippen LogP contribution < -0.4 is 10.6 Å². The Labute approximate surface area is 173 Å². The van der Waals surface area contributed by atoms with Crippen molar-refractivity contribution in [2.45, 2.75) is 52.5 Å². The smallest absolute Gasteiger partial charge is 0.251 e. The number of benzene rings is 1. The molecule has 1 aromatic rings. The first-order valence-corrected chi connectivity index (χ1v) is 10.8. The number of nitrogens with zero attached hydrogens (tertiary/aromatic N) is 1. The van der Waals surface area contributed by atoms with Crippen molar-refractivity contribution >= 4 is 17.7 Å². The Morgan fingerprint density at radius 1 is 1.10 bits per heavy atom. The molecule has 29 heavy (non-hydrogen) atoms. The Hall–Kier alpha value is -2.37. The van der Waals surface area contributed by atoms with E-state index in [2.05, 4.69) is 10.6 Å². The SMILES string of the molecule is Cc1cccc(C(=O)NC(C(=O)NCC(C)C)C2CCN(C(=O)C3CC3)CC2)c1. The highest BCUT2D eigenvalue weighted by Crippen LogP contribution is 2.33. The molecule has 158 valence electrons. The van der Waals surface area contributed by atoms with Gasteiger partial charge >= 0.3 is 0 Å². The highest BCUT2D eigenvalue weighted by atomic mass is 16.2. The number of hydrogen-bond acceptors (Lipinski definition) is 3. The molecule has 0 radical (unpaired) electrons. The molecule has 1 atom stereocenters. The van der Waals surface area contributed by atoms with Crippen LogP contribution in [0.4, 0.5) is 0 Å². The van der Waals surface area contributed by atoms with E-state index >= 15 is 0 Å². The third-order valence-electron chi connectivity index (χ3n) is 5.78. The monoisotopic (exact) mass is 399 g/mol. The van der Waals surface area contributed by atoms with E-state index in [4.69, 9.17) is 0 Å². The number of likely N-dealkylation sites (tertiary alicyclic amines) is 1. The number of carbonyl (C=O) groups excluding carboxylic acids is 3. The van der Waals surface area contributed by atoms with Crippen LogP contribution in [0.15, 0.2) is 24.3 Å². The van der Waals surface area contributed by atoms with Gasteiger partial charge in [0.1, 0.15) is 6.04 Å². The second-order valence-electron chi connectivity index (χ2n) is 8.90. The molecule has 1 heterocycles. The van der Waals surface area contributed by atoms with Crippen molar-refractivity contribution in [1.29, 1.82) is 0 Å². The molecule has 0 aromatic heterocycles. The molecule has 6 heteroatoms. The zero-order valence-electron chi connectivity index (χ0n) is 17.7. The molecule has 6 nitrogen and oxygen atoms in total. The number of aryl methyl sites for hydroxylation is 1. The fourth-order valence-electron chi connectivity index (χ4n) is 3.86. The van der Waals surface area contributed by atoms with Crippen LogP contribution in [0.5, 0.6) is 0 Å². The van der Waals surface area contributed by atoms with E-state index in [1.165, 1.54) is 0 Å². The minimum Gasteiger partial charge on any atom is -0.354 e. The van der Waals surface area contributed by atoms with Gasteiger partial charge in [-0.15, -0.1) is 0 Å². The van der Waals surface area contributed by atoms with Gasteiger partial charge in [-0.25, -0.2) is 0 Å². The van der Waals surface area contributed by atoms with Crippen molar-refractivity contribution in [2.24, 2.45) is 17.8 Å². The summed E-state index contributed by atoms with van der Waals surface area (Å²) in [6.45, 7) is 7.93. The van der Waals surface area contributed by atoms with Gasteiger partial charge in [-0.1, -0.05) is 31.5 Å². The maximum Gasteiger partial charge on any atom is 0.251 e. The van der Waals surface area contributed by atoms with Gasteiger partial charge in [0, 0.05) is 31.1 Å². The number of piperidine rings is 1. The van der Waals surface area contributed by atoms with E-state index in [9.17, 15) is 14.4 Å². The molecule has 2 aliphatic rings. The van der Waals surface area contributed by atoms with Gasteiger partial charge in [0.25, 0.3) is 5.91 Å². The molecule has 3 amide bonds. The second kappa shape index (κ2) is 9.42. The van der Waals surface area contributed by atoms with E-state index in [0.29, 0.717) is 31.1 Å². The minimum absolute atomic E-state index is 0.0270. The summed E-state index contributed by atoms with van der Waals surface area (Å²) in [5.41, 5.74) is 1.57. The molecule has 1 aromatic carbocycles. The first-order chi connectivity index (χ1) is 13.8. The fraction of sp³-hybridized carbons (Fsp3) is 0.609. The summed E-state index contributed by atoms with van der Waals surface area (Å²) in [6, 6.07) is 6.80. The number of nitrogens with one attached hydrogen (secondary N) is 2. The van der Waals surface area contributed by atoms with Gasteiger partial charge in [-0.3, -0.25) is 14.4 Å². The highest BCUT2D eigenvalue weighted by Gasteiger charge is 2.38. The molecule has 3 rings (SSSR count). The van der Waals surface area contributed by atoms with Crippen molar-refractivity contribution < 1.29 is 14.4 Å². The topological polar surface area (TPSA) is 78.5 Å². The third-order valence-corrected chi connectivity index (χ3v) is 5.78. The van der Waals surface area contributed by atoms with Crippen LogP contribution in [0.2, 0.25) is 0 Å². The molecule has 0 spiro atoms. The van der Waals surface area contributed by atoms with Gasteiger partial charge in [-0.2, -0.15) is 0 Å². The van der Waals surface area contributed by atoms with Crippen molar-refractivity contribution in [1.82, 2.24) is 15.5 Å². The average Bonchev–Trinajstić information content (AvgIpc) is 3.55. The van der Waals surface area contributed by atoms with Gasteiger partial charge in [0.15, 0.2) is 0 Å². The predicted molar refractivity (Wildman–Crippen MR) is 112 cm³/mol. The number of rotatable bonds is 7. The molecule has 1 aliphatic carbocycles. The van der Waals surface area contributed by atoms with E-state index in [1.807, 2.05) is 43.9 Å². The van der Waals surface area contributed by atoms with Crippen LogP contribution in [0.1, 0.15) is 55.5 Å². The molecule has 1 saturated heterocycles. The lowest BCUT2D eigenvalue weighted by Crippen LogP contribution is -2.54. The molecular formula is C23H33N3O3. The molecule has 2 N–H and O–H groups in total. The van der Waals surface area contributed by atoms with Crippen LogP contribution in [0.25, 0.3) is 0 Å². The summed E-state index contributed by atoms with van der Waals surface area (Å²) in [6.07, 6.45) is 3.47. The van der Waals surface area contributed by atoms with Gasteiger partial charge in [0.2, 0.25) is 11.8 Å². The van der Waals surface area contributed by atoms with Crippen LogP contribution in [0, 0.1) is 24.7 Å². The van der Waals surface area contributed by atoms with Crippen molar-refractivity contribution in [3.8, 4) is 0 Å². The third kappa shape index (κ3) is 5.81. The predicted octanol–water partition coefficient (Wildman–Crippen LogP) is 2.51. The van der Waals surface area contributed by atoms with Gasteiger partial charge in [0.05, 0.1) is 0 Å². The molecule has 2 fully saturated rings. The molecular weight excluding hydrogens is 366 g/mol. The van der Waals surface area contributed by atoms with Crippen molar-refractivity contribution in [2.75, 3.05) is 19.6 Å². The lowest BCUT2D eigenvalue weighted by molar-refractivity contribution is -0.134. The maximum absolute atomic E-state index is 12.9. The van der Waals surface area contributed by atoms with Crippen molar-refractivity contribution in [3.63, 3.8) is 0 Å². The standard InChI is InChI=1S/C23H33N3O3/c1-15(2)14-24-22(28)20(25-21(27)19-6-4-5-16(3)13-19)17-9-11-26(12-10-17)23(29)18-7-8-18/h4-6,13,15,17-18,20H,7-12,14H2,1-3H3,(H,24,28)(H,25,27). The Morgan fingerprint density at radius 2 is 1.79 bits per heavy atom. The van der Waals surface area contributed by atoms with Crippen LogP contribution >= 0.6 is 0 Å². The second-order valence-corrected chi connectivity index (χ2v) is 8.90. The van der Waals surface area contributed by atoms with Crippen LogP contribution in [-0.4, -0.2) is 48.3 Å². The zero-order valence-corrected chi connectivity index (χ0v) is 17.7. The van der Waals surface area contributed by atoms with Gasteiger partial charge in [-0.05, 0) is 56.6 Å². The van der Waals surface area contributed by atoms with Crippen LogP contribution in [-0.2, 0) is 9.59 Å². The van der Waals surface area contributed by atoms with Crippen molar-refractivity contribution in [3.05, 3.63) is 35.4 Å². The van der Waals surface area contributed by atoms with E-state index in [1.54, 1.807) is 6.07 Å². The summed E-state index contributed by atoms with van der Waals surface area (Å²) >= 11 is 0.